The minimum Gasteiger partial charge on any atom is -0.460 e. The fourth-order valence-corrected chi connectivity index (χ4v) is 1.68. The third kappa shape index (κ3) is 6.24. The predicted molar refractivity (Wildman–Crippen MR) is 74.2 cm³/mol. The summed E-state index contributed by atoms with van der Waals surface area (Å²) in [5, 5.41) is 3.89. The van der Waals surface area contributed by atoms with Crippen molar-refractivity contribution in [2.75, 3.05) is 19.8 Å². The Balaban J connectivity index is 1.65. The van der Waals surface area contributed by atoms with Gasteiger partial charge in [-0.25, -0.2) is 9.78 Å². The van der Waals surface area contributed by atoms with Crippen LogP contribution in [0.15, 0.2) is 36.9 Å². The molecule has 0 aliphatic carbocycles. The summed E-state index contributed by atoms with van der Waals surface area (Å²) >= 11 is 0. The molecule has 0 saturated heterocycles. The largest absolute Gasteiger partial charge is 0.573 e. The smallest absolute Gasteiger partial charge is 0.460 e. The Morgan fingerprint density at radius 2 is 1.88 bits per heavy atom. The summed E-state index contributed by atoms with van der Waals surface area (Å²) in [7, 11) is 0. The number of nitrogens with zero attached hydrogens (tertiary/aromatic N) is 3. The van der Waals surface area contributed by atoms with Gasteiger partial charge in [0.1, 0.15) is 25.0 Å². The van der Waals surface area contributed by atoms with Crippen molar-refractivity contribution in [1.82, 2.24) is 14.8 Å². The SMILES string of the molecule is O=C(OCCOCCn1cncn1)c1ccc(OC(F)(F)F)cc1. The molecule has 130 valence electrons. The predicted octanol–water partition coefficient (Wildman–Crippen LogP) is 2.05. The van der Waals surface area contributed by atoms with Crippen LogP contribution in [0.3, 0.4) is 0 Å². The lowest BCUT2D eigenvalue weighted by atomic mass is 10.2. The standard InChI is InChI=1S/C14H14F3N3O4/c15-14(16,17)24-12-3-1-11(2-4-12)13(21)23-8-7-22-6-5-20-10-18-9-19-20/h1-4,9-10H,5-8H2. The third-order valence-corrected chi connectivity index (χ3v) is 2.72. The molecule has 0 atom stereocenters. The molecule has 0 amide bonds. The first-order valence-electron chi connectivity index (χ1n) is 6.87. The van der Waals surface area contributed by atoms with Gasteiger partial charge in [0.2, 0.25) is 0 Å². The van der Waals surface area contributed by atoms with Gasteiger partial charge in [-0.1, -0.05) is 0 Å². The molecule has 0 saturated carbocycles. The summed E-state index contributed by atoms with van der Waals surface area (Å²) in [6.45, 7) is 1.12. The molecule has 10 heteroatoms. The van der Waals surface area contributed by atoms with Crippen LogP contribution >= 0.6 is 0 Å². The Morgan fingerprint density at radius 1 is 1.12 bits per heavy atom. The van der Waals surface area contributed by atoms with Gasteiger partial charge in [0.05, 0.1) is 25.3 Å². The highest BCUT2D eigenvalue weighted by molar-refractivity contribution is 5.89. The van der Waals surface area contributed by atoms with E-state index in [0.717, 1.165) is 12.1 Å². The normalized spacial score (nSPS) is 11.3. The molecule has 24 heavy (non-hydrogen) atoms. The van der Waals surface area contributed by atoms with Gasteiger partial charge in [-0.15, -0.1) is 13.2 Å². The zero-order valence-electron chi connectivity index (χ0n) is 12.4. The second-order valence-electron chi connectivity index (χ2n) is 4.48. The van der Waals surface area contributed by atoms with Gasteiger partial charge in [0.25, 0.3) is 0 Å². The number of carbonyl (C=O) groups excluding carboxylic acids is 1. The Morgan fingerprint density at radius 3 is 2.50 bits per heavy atom. The Hall–Kier alpha value is -2.62. The highest BCUT2D eigenvalue weighted by Crippen LogP contribution is 2.22. The van der Waals surface area contributed by atoms with Crippen LogP contribution in [0.5, 0.6) is 5.75 Å². The van der Waals surface area contributed by atoms with E-state index < -0.39 is 18.1 Å². The van der Waals surface area contributed by atoms with Gasteiger partial charge in [0.15, 0.2) is 0 Å². The summed E-state index contributed by atoms with van der Waals surface area (Å²) in [5.41, 5.74) is 0.118. The van der Waals surface area contributed by atoms with Crippen molar-refractivity contribution in [3.8, 4) is 5.75 Å². The highest BCUT2D eigenvalue weighted by Gasteiger charge is 2.31. The first-order valence-corrected chi connectivity index (χ1v) is 6.87. The van der Waals surface area contributed by atoms with Crippen LogP contribution in [0, 0.1) is 0 Å². The van der Waals surface area contributed by atoms with E-state index in [2.05, 4.69) is 14.8 Å². The number of halogens is 3. The number of hydrogen-bond donors (Lipinski definition) is 0. The number of carbonyl (C=O) groups is 1. The van der Waals surface area contributed by atoms with Gasteiger partial charge in [-0.3, -0.25) is 4.68 Å². The summed E-state index contributed by atoms with van der Waals surface area (Å²) < 4.78 is 51.6. The number of ether oxygens (including phenoxy) is 3. The molecule has 1 aromatic carbocycles. The maximum Gasteiger partial charge on any atom is 0.573 e. The van der Waals surface area contributed by atoms with Crippen LogP contribution in [0.2, 0.25) is 0 Å². The van der Waals surface area contributed by atoms with E-state index in [0.29, 0.717) is 13.2 Å². The lowest BCUT2D eigenvalue weighted by Crippen LogP contribution is -2.17. The number of alkyl halides is 3. The molecular weight excluding hydrogens is 331 g/mol. The maximum absolute atomic E-state index is 12.0. The van der Waals surface area contributed by atoms with Crippen LogP contribution in [0.1, 0.15) is 10.4 Å². The van der Waals surface area contributed by atoms with Crippen molar-refractivity contribution >= 4 is 5.97 Å². The van der Waals surface area contributed by atoms with Gasteiger partial charge < -0.3 is 14.2 Å². The first kappa shape index (κ1) is 17.7. The van der Waals surface area contributed by atoms with Crippen molar-refractivity contribution in [3.63, 3.8) is 0 Å². The quantitative estimate of drug-likeness (QED) is 0.538. The maximum atomic E-state index is 12.0. The van der Waals surface area contributed by atoms with E-state index in [1.807, 2.05) is 0 Å². The van der Waals surface area contributed by atoms with E-state index in [4.69, 9.17) is 9.47 Å². The molecule has 0 spiro atoms. The van der Waals surface area contributed by atoms with E-state index in [1.165, 1.54) is 18.5 Å². The molecule has 0 radical (unpaired) electrons. The van der Waals surface area contributed by atoms with E-state index in [-0.39, 0.29) is 18.8 Å². The van der Waals surface area contributed by atoms with E-state index >= 15 is 0 Å². The zero-order chi connectivity index (χ0) is 17.4. The van der Waals surface area contributed by atoms with Crippen molar-refractivity contribution in [2.24, 2.45) is 0 Å². The Kier molecular flexibility index (Phi) is 6.13. The summed E-state index contributed by atoms with van der Waals surface area (Å²) in [4.78, 5) is 15.5. The van der Waals surface area contributed by atoms with Crippen LogP contribution in [-0.4, -0.2) is 46.9 Å². The molecule has 2 aromatic rings. The van der Waals surface area contributed by atoms with Crippen molar-refractivity contribution < 1.29 is 32.2 Å². The Bertz CT molecular complexity index is 630. The van der Waals surface area contributed by atoms with Crippen molar-refractivity contribution in [3.05, 3.63) is 42.5 Å². The van der Waals surface area contributed by atoms with Gasteiger partial charge in [-0.2, -0.15) is 5.10 Å². The average Bonchev–Trinajstić information content (AvgIpc) is 3.03. The van der Waals surface area contributed by atoms with Gasteiger partial charge >= 0.3 is 12.3 Å². The van der Waals surface area contributed by atoms with Gasteiger partial charge in [0, 0.05) is 0 Å². The second-order valence-corrected chi connectivity index (χ2v) is 4.48. The zero-order valence-corrected chi connectivity index (χ0v) is 12.4. The lowest BCUT2D eigenvalue weighted by Gasteiger charge is -2.09. The number of esters is 1. The topological polar surface area (TPSA) is 75.5 Å². The minimum absolute atomic E-state index is 0.0248. The number of aromatic nitrogens is 3. The number of rotatable bonds is 8. The van der Waals surface area contributed by atoms with Crippen LogP contribution in [0.25, 0.3) is 0 Å². The molecular formula is C14H14F3N3O4. The summed E-state index contributed by atoms with van der Waals surface area (Å²) in [6.07, 6.45) is -1.81. The fraction of sp³-hybridized carbons (Fsp3) is 0.357. The summed E-state index contributed by atoms with van der Waals surface area (Å²) in [5.74, 6) is -1.07. The van der Waals surface area contributed by atoms with Crippen LogP contribution in [-0.2, 0) is 16.0 Å². The molecule has 0 N–H and O–H groups in total. The monoisotopic (exact) mass is 345 g/mol. The molecule has 0 bridgehead atoms. The molecule has 0 fully saturated rings. The highest BCUT2D eigenvalue weighted by atomic mass is 19.4. The Labute approximate surface area is 135 Å². The number of hydrogen-bond acceptors (Lipinski definition) is 6. The van der Waals surface area contributed by atoms with Crippen LogP contribution < -0.4 is 4.74 Å². The van der Waals surface area contributed by atoms with E-state index in [9.17, 15) is 18.0 Å². The lowest BCUT2D eigenvalue weighted by molar-refractivity contribution is -0.274. The molecule has 0 aliphatic rings. The molecule has 2 rings (SSSR count). The first-order chi connectivity index (χ1) is 11.4. The molecule has 1 aromatic heterocycles. The minimum atomic E-state index is -4.77. The summed E-state index contributed by atoms with van der Waals surface area (Å²) in [6, 6.07) is 4.46. The van der Waals surface area contributed by atoms with Crippen LogP contribution in [0.4, 0.5) is 13.2 Å². The molecule has 7 nitrogen and oxygen atoms in total. The van der Waals surface area contributed by atoms with Gasteiger partial charge in [-0.05, 0) is 24.3 Å². The van der Waals surface area contributed by atoms with Crippen molar-refractivity contribution in [2.45, 2.75) is 12.9 Å². The van der Waals surface area contributed by atoms with Crippen molar-refractivity contribution in [1.29, 1.82) is 0 Å². The number of benzene rings is 1. The third-order valence-electron chi connectivity index (χ3n) is 2.72. The average molecular weight is 345 g/mol. The van der Waals surface area contributed by atoms with E-state index in [1.54, 1.807) is 11.0 Å². The molecule has 0 unspecified atom stereocenters. The molecule has 1 heterocycles. The fourth-order valence-electron chi connectivity index (χ4n) is 1.68. The second kappa shape index (κ2) is 8.29. The molecule has 0 aliphatic heterocycles.